The van der Waals surface area contributed by atoms with Crippen molar-refractivity contribution in [3.05, 3.63) is 48.0 Å². The van der Waals surface area contributed by atoms with Crippen molar-refractivity contribution >= 4 is 11.8 Å². The van der Waals surface area contributed by atoms with Crippen molar-refractivity contribution in [2.75, 3.05) is 19.8 Å². The Hall–Kier alpha value is -1.94. The number of benzene rings is 1. The van der Waals surface area contributed by atoms with Crippen LogP contribution in [0.1, 0.15) is 46.4 Å². The van der Waals surface area contributed by atoms with E-state index in [9.17, 15) is 9.59 Å². The summed E-state index contributed by atoms with van der Waals surface area (Å²) in [5.74, 6) is -0.435. The Balaban J connectivity index is 1.70. The lowest BCUT2D eigenvalue weighted by atomic mass is 10.1. The predicted octanol–water partition coefficient (Wildman–Crippen LogP) is 3.05. The van der Waals surface area contributed by atoms with E-state index in [1.165, 1.54) is 4.90 Å². The van der Waals surface area contributed by atoms with E-state index in [2.05, 4.69) is 6.58 Å². The van der Waals surface area contributed by atoms with Crippen molar-refractivity contribution in [3.8, 4) is 0 Å². The van der Waals surface area contributed by atoms with Crippen LogP contribution >= 0.6 is 0 Å². The van der Waals surface area contributed by atoms with Gasteiger partial charge >= 0.3 is 0 Å². The zero-order chi connectivity index (χ0) is 15.1. The highest BCUT2D eigenvalue weighted by Gasteiger charge is 2.34. The van der Waals surface area contributed by atoms with Gasteiger partial charge in [-0.2, -0.15) is 0 Å². The summed E-state index contributed by atoms with van der Waals surface area (Å²) in [5.41, 5.74) is 0.985. The first kappa shape index (κ1) is 15.4. The third-order valence-corrected chi connectivity index (χ3v) is 3.53. The summed E-state index contributed by atoms with van der Waals surface area (Å²) in [4.78, 5) is 25.4. The van der Waals surface area contributed by atoms with Gasteiger partial charge in [0.1, 0.15) is 0 Å². The van der Waals surface area contributed by atoms with Gasteiger partial charge in [-0.05, 0) is 31.4 Å². The first-order valence-electron chi connectivity index (χ1n) is 7.39. The fraction of sp³-hybridized carbons (Fsp3) is 0.412. The van der Waals surface area contributed by atoms with Crippen LogP contribution in [0.5, 0.6) is 0 Å². The molecule has 0 atom stereocenters. The van der Waals surface area contributed by atoms with Gasteiger partial charge in [0.15, 0.2) is 0 Å². The van der Waals surface area contributed by atoms with Crippen LogP contribution in [0.4, 0.5) is 0 Å². The molecule has 0 saturated carbocycles. The third-order valence-electron chi connectivity index (χ3n) is 3.53. The molecule has 21 heavy (non-hydrogen) atoms. The Morgan fingerprint density at radius 3 is 2.29 bits per heavy atom. The number of nitrogens with zero attached hydrogens (tertiary/aromatic N) is 1. The molecule has 0 spiro atoms. The number of carbonyl (C=O) groups is 2. The first-order valence-corrected chi connectivity index (χ1v) is 7.39. The molecule has 4 nitrogen and oxygen atoms in total. The summed E-state index contributed by atoms with van der Waals surface area (Å²) in [6, 6.07) is 6.92. The Labute approximate surface area is 125 Å². The molecule has 112 valence electrons. The molecule has 0 saturated heterocycles. The van der Waals surface area contributed by atoms with Gasteiger partial charge < -0.3 is 4.74 Å². The smallest absolute Gasteiger partial charge is 0.261 e. The second kappa shape index (κ2) is 7.74. The highest BCUT2D eigenvalue weighted by molar-refractivity contribution is 6.21. The molecule has 4 heteroatoms. The standard InChI is InChI=1S/C17H21NO3/c1-2-3-4-5-8-12-21-13-11-18-16(19)14-9-6-7-10-15(14)17(18)20/h2,6-7,9-10H,1,3-5,8,11-13H2. The van der Waals surface area contributed by atoms with Gasteiger partial charge in [-0.25, -0.2) is 0 Å². The molecule has 1 heterocycles. The molecular weight excluding hydrogens is 266 g/mol. The summed E-state index contributed by atoms with van der Waals surface area (Å²) in [6.45, 7) is 5.06. The summed E-state index contributed by atoms with van der Waals surface area (Å²) in [5, 5.41) is 0. The SMILES string of the molecule is C=CCCCCCOCCN1C(=O)c2ccccc2C1=O. The number of amides is 2. The summed E-state index contributed by atoms with van der Waals surface area (Å²) < 4.78 is 5.50. The van der Waals surface area contributed by atoms with Crippen molar-refractivity contribution in [2.24, 2.45) is 0 Å². The summed E-state index contributed by atoms with van der Waals surface area (Å²) >= 11 is 0. The molecule has 1 aliphatic rings. The number of rotatable bonds is 9. The van der Waals surface area contributed by atoms with Crippen LogP contribution in [-0.4, -0.2) is 36.5 Å². The van der Waals surface area contributed by atoms with E-state index in [1.807, 2.05) is 6.08 Å². The van der Waals surface area contributed by atoms with E-state index in [4.69, 9.17) is 4.74 Å². The van der Waals surface area contributed by atoms with E-state index in [0.29, 0.717) is 30.9 Å². The quantitative estimate of drug-likeness (QED) is 0.398. The molecule has 0 bridgehead atoms. The third kappa shape index (κ3) is 3.79. The highest BCUT2D eigenvalue weighted by atomic mass is 16.5. The minimum absolute atomic E-state index is 0.217. The van der Waals surface area contributed by atoms with E-state index >= 15 is 0 Å². The average molecular weight is 287 g/mol. The number of allylic oxidation sites excluding steroid dienone is 1. The van der Waals surface area contributed by atoms with Crippen LogP contribution < -0.4 is 0 Å². The molecule has 0 unspecified atom stereocenters. The van der Waals surface area contributed by atoms with Crippen molar-refractivity contribution in [2.45, 2.75) is 25.7 Å². The normalized spacial score (nSPS) is 13.6. The molecule has 0 fully saturated rings. The number of carbonyl (C=O) groups excluding carboxylic acids is 2. The monoisotopic (exact) mass is 287 g/mol. The second-order valence-electron chi connectivity index (χ2n) is 5.06. The minimum atomic E-state index is -0.217. The number of unbranched alkanes of at least 4 members (excludes halogenated alkanes) is 3. The van der Waals surface area contributed by atoms with Crippen LogP contribution in [0.2, 0.25) is 0 Å². The molecule has 2 amide bonds. The van der Waals surface area contributed by atoms with E-state index in [-0.39, 0.29) is 11.8 Å². The first-order chi connectivity index (χ1) is 10.3. The van der Waals surface area contributed by atoms with E-state index in [1.54, 1.807) is 24.3 Å². The molecule has 1 aliphatic heterocycles. The lowest BCUT2D eigenvalue weighted by molar-refractivity contribution is 0.0560. The Morgan fingerprint density at radius 2 is 1.67 bits per heavy atom. The zero-order valence-electron chi connectivity index (χ0n) is 12.2. The highest BCUT2D eigenvalue weighted by Crippen LogP contribution is 2.21. The summed E-state index contributed by atoms with van der Waals surface area (Å²) in [7, 11) is 0. The topological polar surface area (TPSA) is 46.6 Å². The fourth-order valence-corrected chi connectivity index (χ4v) is 2.37. The van der Waals surface area contributed by atoms with Gasteiger partial charge in [-0.15, -0.1) is 6.58 Å². The lowest BCUT2D eigenvalue weighted by Gasteiger charge is -2.13. The average Bonchev–Trinajstić information content (AvgIpc) is 2.75. The van der Waals surface area contributed by atoms with Gasteiger partial charge in [0.2, 0.25) is 0 Å². The summed E-state index contributed by atoms with van der Waals surface area (Å²) in [6.07, 6.45) is 6.19. The Kier molecular flexibility index (Phi) is 5.69. The van der Waals surface area contributed by atoms with Gasteiger partial charge in [0, 0.05) is 6.61 Å². The Bertz CT molecular complexity index is 490. The number of imide groups is 1. The number of hydrogen-bond donors (Lipinski definition) is 0. The van der Waals surface area contributed by atoms with Gasteiger partial charge in [0.25, 0.3) is 11.8 Å². The van der Waals surface area contributed by atoms with Crippen LogP contribution in [0.15, 0.2) is 36.9 Å². The van der Waals surface area contributed by atoms with E-state index < -0.39 is 0 Å². The molecule has 0 radical (unpaired) electrons. The molecular formula is C17H21NO3. The number of ether oxygens (including phenoxy) is 1. The van der Waals surface area contributed by atoms with Crippen LogP contribution in [0, 0.1) is 0 Å². The van der Waals surface area contributed by atoms with Crippen molar-refractivity contribution < 1.29 is 14.3 Å². The maximum atomic E-state index is 12.1. The zero-order valence-corrected chi connectivity index (χ0v) is 12.2. The fourth-order valence-electron chi connectivity index (χ4n) is 2.37. The van der Waals surface area contributed by atoms with Crippen LogP contribution in [0.25, 0.3) is 0 Å². The molecule has 0 N–H and O–H groups in total. The van der Waals surface area contributed by atoms with Crippen LogP contribution in [0.3, 0.4) is 0 Å². The van der Waals surface area contributed by atoms with Crippen molar-refractivity contribution in [1.82, 2.24) is 4.90 Å². The number of fused-ring (bicyclic) bond motifs is 1. The minimum Gasteiger partial charge on any atom is -0.380 e. The van der Waals surface area contributed by atoms with E-state index in [0.717, 1.165) is 25.7 Å². The second-order valence-corrected chi connectivity index (χ2v) is 5.06. The Morgan fingerprint density at radius 1 is 1.00 bits per heavy atom. The molecule has 1 aromatic carbocycles. The molecule has 2 rings (SSSR count). The molecule has 0 aliphatic carbocycles. The van der Waals surface area contributed by atoms with Gasteiger partial charge in [0.05, 0.1) is 24.3 Å². The van der Waals surface area contributed by atoms with Crippen molar-refractivity contribution in [3.63, 3.8) is 0 Å². The molecule has 1 aromatic rings. The lowest BCUT2D eigenvalue weighted by Crippen LogP contribution is -2.33. The van der Waals surface area contributed by atoms with Crippen LogP contribution in [-0.2, 0) is 4.74 Å². The maximum Gasteiger partial charge on any atom is 0.261 e. The predicted molar refractivity (Wildman–Crippen MR) is 81.3 cm³/mol. The van der Waals surface area contributed by atoms with Crippen molar-refractivity contribution in [1.29, 1.82) is 0 Å². The molecule has 0 aromatic heterocycles. The number of hydrogen-bond acceptors (Lipinski definition) is 3. The van der Waals surface area contributed by atoms with Gasteiger partial charge in [-0.1, -0.05) is 24.6 Å². The van der Waals surface area contributed by atoms with Gasteiger partial charge in [-0.3, -0.25) is 14.5 Å². The largest absolute Gasteiger partial charge is 0.380 e. The maximum absolute atomic E-state index is 12.1.